The van der Waals surface area contributed by atoms with Crippen LogP contribution in [0.2, 0.25) is 0 Å². The maximum atomic E-state index is 5.43. The molecule has 3 rings (SSSR count). The molecule has 2 heterocycles. The topological polar surface area (TPSA) is 52.1 Å². The first-order valence-corrected chi connectivity index (χ1v) is 10.4. The SMILES string of the molecule is CCCN1CCC(NC(=NC)NCc2ccc(N3CCOCC3)cc2)CC1. The Morgan fingerprint density at radius 3 is 2.44 bits per heavy atom. The van der Waals surface area contributed by atoms with Crippen molar-refractivity contribution in [1.82, 2.24) is 15.5 Å². The number of benzene rings is 1. The average molecular weight is 374 g/mol. The van der Waals surface area contributed by atoms with Crippen molar-refractivity contribution >= 4 is 11.6 Å². The minimum Gasteiger partial charge on any atom is -0.378 e. The predicted octanol–water partition coefficient (Wildman–Crippen LogP) is 2.06. The first kappa shape index (κ1) is 20.0. The molecule has 2 aliphatic rings. The Morgan fingerprint density at radius 2 is 1.81 bits per heavy atom. The van der Waals surface area contributed by atoms with Crippen LogP contribution in [0.5, 0.6) is 0 Å². The smallest absolute Gasteiger partial charge is 0.191 e. The molecule has 0 atom stereocenters. The number of ether oxygens (including phenoxy) is 1. The molecule has 27 heavy (non-hydrogen) atoms. The van der Waals surface area contributed by atoms with Crippen LogP contribution in [0.25, 0.3) is 0 Å². The van der Waals surface area contributed by atoms with Gasteiger partial charge in [-0.3, -0.25) is 4.99 Å². The van der Waals surface area contributed by atoms with Crippen molar-refractivity contribution in [3.63, 3.8) is 0 Å². The molecule has 0 bridgehead atoms. The Labute approximate surface area is 164 Å². The molecule has 0 aliphatic carbocycles. The normalized spacial score (nSPS) is 19.9. The minimum atomic E-state index is 0.521. The van der Waals surface area contributed by atoms with Gasteiger partial charge in [-0.15, -0.1) is 0 Å². The second kappa shape index (κ2) is 10.5. The molecule has 0 unspecified atom stereocenters. The summed E-state index contributed by atoms with van der Waals surface area (Å²) in [5.41, 5.74) is 2.55. The molecule has 0 saturated carbocycles. The maximum absolute atomic E-state index is 5.43. The fourth-order valence-corrected chi connectivity index (χ4v) is 3.84. The van der Waals surface area contributed by atoms with E-state index in [2.05, 4.69) is 56.6 Å². The van der Waals surface area contributed by atoms with Crippen LogP contribution >= 0.6 is 0 Å². The number of rotatable bonds is 6. The number of aliphatic imine (C=N–C) groups is 1. The Bertz CT molecular complexity index is 575. The number of hydrogen-bond donors (Lipinski definition) is 2. The van der Waals surface area contributed by atoms with Crippen molar-refractivity contribution in [3.8, 4) is 0 Å². The van der Waals surface area contributed by atoms with Gasteiger partial charge >= 0.3 is 0 Å². The largest absolute Gasteiger partial charge is 0.378 e. The van der Waals surface area contributed by atoms with Crippen LogP contribution in [0.1, 0.15) is 31.7 Å². The molecule has 2 N–H and O–H groups in total. The van der Waals surface area contributed by atoms with Gasteiger partial charge in [0, 0.05) is 51.5 Å². The average Bonchev–Trinajstić information content (AvgIpc) is 2.73. The van der Waals surface area contributed by atoms with E-state index in [0.29, 0.717) is 6.04 Å². The highest BCUT2D eigenvalue weighted by Gasteiger charge is 2.19. The Hall–Kier alpha value is -1.79. The molecule has 6 heteroatoms. The number of guanidine groups is 1. The summed E-state index contributed by atoms with van der Waals surface area (Å²) >= 11 is 0. The summed E-state index contributed by atoms with van der Waals surface area (Å²) in [4.78, 5) is 9.34. The lowest BCUT2D eigenvalue weighted by molar-refractivity contribution is 0.122. The second-order valence-corrected chi connectivity index (χ2v) is 7.45. The van der Waals surface area contributed by atoms with Crippen molar-refractivity contribution in [2.24, 2.45) is 4.99 Å². The van der Waals surface area contributed by atoms with Gasteiger partial charge in [-0.05, 0) is 43.5 Å². The molecule has 0 spiro atoms. The third-order valence-corrected chi connectivity index (χ3v) is 5.46. The Balaban J connectivity index is 1.42. The molecule has 0 aromatic heterocycles. The van der Waals surface area contributed by atoms with Gasteiger partial charge in [0.1, 0.15) is 0 Å². The molecule has 1 aromatic rings. The zero-order chi connectivity index (χ0) is 18.9. The number of morpholine rings is 1. The van der Waals surface area contributed by atoms with Crippen LogP contribution in [-0.4, -0.2) is 69.9 Å². The molecule has 2 aliphatic heterocycles. The molecule has 6 nitrogen and oxygen atoms in total. The summed E-state index contributed by atoms with van der Waals surface area (Å²) in [6, 6.07) is 9.35. The van der Waals surface area contributed by atoms with E-state index in [1.807, 2.05) is 7.05 Å². The van der Waals surface area contributed by atoms with E-state index >= 15 is 0 Å². The van der Waals surface area contributed by atoms with Crippen molar-refractivity contribution < 1.29 is 4.74 Å². The number of piperidine rings is 1. The van der Waals surface area contributed by atoms with Gasteiger partial charge < -0.3 is 25.2 Å². The van der Waals surface area contributed by atoms with E-state index in [4.69, 9.17) is 4.74 Å². The van der Waals surface area contributed by atoms with Crippen molar-refractivity contribution in [2.45, 2.75) is 38.8 Å². The van der Waals surface area contributed by atoms with E-state index < -0.39 is 0 Å². The van der Waals surface area contributed by atoms with Crippen LogP contribution in [0, 0.1) is 0 Å². The summed E-state index contributed by atoms with van der Waals surface area (Å²) in [6.07, 6.45) is 3.62. The van der Waals surface area contributed by atoms with E-state index in [1.165, 1.54) is 50.1 Å². The summed E-state index contributed by atoms with van der Waals surface area (Å²) < 4.78 is 5.43. The molecule has 150 valence electrons. The maximum Gasteiger partial charge on any atom is 0.191 e. The predicted molar refractivity (Wildman–Crippen MR) is 113 cm³/mol. The monoisotopic (exact) mass is 373 g/mol. The standard InChI is InChI=1S/C21H35N5O/c1-3-10-25-11-8-19(9-12-25)24-21(22-2)23-17-18-4-6-20(7-5-18)26-13-15-27-16-14-26/h4-7,19H,3,8-17H2,1-2H3,(H2,22,23,24). The lowest BCUT2D eigenvalue weighted by Crippen LogP contribution is -2.48. The highest BCUT2D eigenvalue weighted by Crippen LogP contribution is 2.16. The zero-order valence-electron chi connectivity index (χ0n) is 16.9. The Kier molecular flexibility index (Phi) is 7.78. The number of likely N-dealkylation sites (tertiary alicyclic amines) is 1. The highest BCUT2D eigenvalue weighted by atomic mass is 16.5. The van der Waals surface area contributed by atoms with Crippen molar-refractivity contribution in [2.75, 3.05) is 57.9 Å². The van der Waals surface area contributed by atoms with Crippen molar-refractivity contribution in [1.29, 1.82) is 0 Å². The van der Waals surface area contributed by atoms with E-state index in [9.17, 15) is 0 Å². The zero-order valence-corrected chi connectivity index (χ0v) is 16.9. The number of anilines is 1. The number of nitrogens with zero attached hydrogens (tertiary/aromatic N) is 3. The van der Waals surface area contributed by atoms with Crippen LogP contribution in [0.3, 0.4) is 0 Å². The quantitative estimate of drug-likeness (QED) is 0.591. The second-order valence-electron chi connectivity index (χ2n) is 7.45. The summed E-state index contributed by atoms with van der Waals surface area (Å²) in [6.45, 7) is 10.2. The fraction of sp³-hybridized carbons (Fsp3) is 0.667. The van der Waals surface area contributed by atoms with Gasteiger partial charge in [-0.2, -0.15) is 0 Å². The minimum absolute atomic E-state index is 0.521. The first-order valence-electron chi connectivity index (χ1n) is 10.4. The van der Waals surface area contributed by atoms with Gasteiger partial charge in [0.25, 0.3) is 0 Å². The van der Waals surface area contributed by atoms with E-state index in [0.717, 1.165) is 38.8 Å². The molecule has 1 aromatic carbocycles. The summed E-state index contributed by atoms with van der Waals surface area (Å²) in [5.74, 6) is 0.904. The first-order chi connectivity index (χ1) is 13.3. The summed E-state index contributed by atoms with van der Waals surface area (Å²) in [5, 5.41) is 7.05. The van der Waals surface area contributed by atoms with Gasteiger partial charge in [0.2, 0.25) is 0 Å². The van der Waals surface area contributed by atoms with E-state index in [1.54, 1.807) is 0 Å². The number of nitrogens with one attached hydrogen (secondary N) is 2. The Morgan fingerprint density at radius 1 is 1.11 bits per heavy atom. The molecule has 2 fully saturated rings. The van der Waals surface area contributed by atoms with Crippen LogP contribution < -0.4 is 15.5 Å². The van der Waals surface area contributed by atoms with Crippen LogP contribution in [0.15, 0.2) is 29.3 Å². The van der Waals surface area contributed by atoms with Gasteiger partial charge in [-0.25, -0.2) is 0 Å². The van der Waals surface area contributed by atoms with Crippen molar-refractivity contribution in [3.05, 3.63) is 29.8 Å². The number of hydrogen-bond acceptors (Lipinski definition) is 4. The highest BCUT2D eigenvalue weighted by molar-refractivity contribution is 5.80. The molecule has 0 amide bonds. The van der Waals surface area contributed by atoms with Gasteiger partial charge in [-0.1, -0.05) is 19.1 Å². The molecule has 0 radical (unpaired) electrons. The van der Waals surface area contributed by atoms with Crippen LogP contribution in [-0.2, 0) is 11.3 Å². The summed E-state index contributed by atoms with van der Waals surface area (Å²) in [7, 11) is 1.85. The fourth-order valence-electron chi connectivity index (χ4n) is 3.84. The molecular formula is C21H35N5O. The molecule has 2 saturated heterocycles. The lowest BCUT2D eigenvalue weighted by Gasteiger charge is -2.32. The lowest BCUT2D eigenvalue weighted by atomic mass is 10.1. The third-order valence-electron chi connectivity index (χ3n) is 5.46. The third kappa shape index (κ3) is 6.11. The van der Waals surface area contributed by atoms with Gasteiger partial charge in [0.15, 0.2) is 5.96 Å². The molecular weight excluding hydrogens is 338 g/mol. The van der Waals surface area contributed by atoms with Gasteiger partial charge in [0.05, 0.1) is 13.2 Å². The van der Waals surface area contributed by atoms with E-state index in [-0.39, 0.29) is 0 Å². The van der Waals surface area contributed by atoms with Crippen LogP contribution in [0.4, 0.5) is 5.69 Å².